The van der Waals surface area contributed by atoms with Crippen LogP contribution in [-0.4, -0.2) is 29.3 Å². The molecular formula is C15H16F3NOS. The maximum absolute atomic E-state index is 12.7. The Bertz CT molecular complexity index is 528. The number of alkyl halides is 3. The Labute approximate surface area is 125 Å². The first-order valence-corrected chi connectivity index (χ1v) is 7.36. The van der Waals surface area contributed by atoms with Gasteiger partial charge in [0.05, 0.1) is 6.54 Å². The van der Waals surface area contributed by atoms with Gasteiger partial charge in [-0.15, -0.1) is 11.3 Å². The highest BCUT2D eigenvalue weighted by Gasteiger charge is 2.31. The SMILES string of the molecule is OC(CN(Cc1ccccc1)CC(F)(F)F)c1cccs1. The van der Waals surface area contributed by atoms with E-state index in [4.69, 9.17) is 0 Å². The first kappa shape index (κ1) is 16.0. The molecule has 0 saturated heterocycles. The zero-order valence-corrected chi connectivity index (χ0v) is 12.1. The van der Waals surface area contributed by atoms with Gasteiger partial charge in [0, 0.05) is 18.0 Å². The molecule has 1 atom stereocenters. The van der Waals surface area contributed by atoms with Crippen molar-refractivity contribution in [3.63, 3.8) is 0 Å². The molecule has 0 amide bonds. The van der Waals surface area contributed by atoms with Crippen LogP contribution in [0.25, 0.3) is 0 Å². The van der Waals surface area contributed by atoms with E-state index < -0.39 is 18.8 Å². The largest absolute Gasteiger partial charge is 0.401 e. The average Bonchev–Trinajstić information content (AvgIpc) is 2.91. The Kier molecular flexibility index (Phi) is 5.39. The molecule has 0 spiro atoms. The van der Waals surface area contributed by atoms with Crippen molar-refractivity contribution in [3.05, 3.63) is 58.3 Å². The van der Waals surface area contributed by atoms with Crippen LogP contribution in [0.5, 0.6) is 0 Å². The average molecular weight is 315 g/mol. The molecule has 21 heavy (non-hydrogen) atoms. The monoisotopic (exact) mass is 315 g/mol. The first-order chi connectivity index (χ1) is 9.94. The molecule has 1 unspecified atom stereocenters. The van der Waals surface area contributed by atoms with E-state index in [1.54, 1.807) is 41.8 Å². The summed E-state index contributed by atoms with van der Waals surface area (Å²) in [5, 5.41) is 11.9. The third kappa shape index (κ3) is 5.49. The molecule has 0 aliphatic rings. The van der Waals surface area contributed by atoms with Crippen molar-refractivity contribution in [1.29, 1.82) is 0 Å². The number of aliphatic hydroxyl groups is 1. The van der Waals surface area contributed by atoms with Gasteiger partial charge in [0.25, 0.3) is 0 Å². The number of nitrogens with zero attached hydrogens (tertiary/aromatic N) is 1. The number of thiophene rings is 1. The van der Waals surface area contributed by atoms with Crippen LogP contribution < -0.4 is 0 Å². The van der Waals surface area contributed by atoms with Crippen molar-refractivity contribution >= 4 is 11.3 Å². The summed E-state index contributed by atoms with van der Waals surface area (Å²) in [6.45, 7) is -0.929. The highest BCUT2D eigenvalue weighted by molar-refractivity contribution is 7.10. The van der Waals surface area contributed by atoms with Crippen LogP contribution >= 0.6 is 11.3 Å². The Hall–Kier alpha value is -1.37. The summed E-state index contributed by atoms with van der Waals surface area (Å²) in [6.07, 6.45) is -5.19. The predicted octanol–water partition coefficient (Wildman–Crippen LogP) is 3.85. The summed E-state index contributed by atoms with van der Waals surface area (Å²) < 4.78 is 38.0. The van der Waals surface area contributed by atoms with E-state index in [1.807, 2.05) is 6.07 Å². The van der Waals surface area contributed by atoms with Gasteiger partial charge in [0.15, 0.2) is 0 Å². The molecule has 0 fully saturated rings. The van der Waals surface area contributed by atoms with Crippen LogP contribution in [0.15, 0.2) is 47.8 Å². The van der Waals surface area contributed by atoms with Crippen molar-refractivity contribution in [2.45, 2.75) is 18.8 Å². The van der Waals surface area contributed by atoms with Gasteiger partial charge in [-0.2, -0.15) is 13.2 Å². The summed E-state index contributed by atoms with van der Waals surface area (Å²) in [7, 11) is 0. The topological polar surface area (TPSA) is 23.5 Å². The van der Waals surface area contributed by atoms with Crippen LogP contribution in [0.3, 0.4) is 0 Å². The quantitative estimate of drug-likeness (QED) is 0.875. The number of aliphatic hydroxyl groups excluding tert-OH is 1. The van der Waals surface area contributed by atoms with Crippen molar-refractivity contribution in [3.8, 4) is 0 Å². The second-order valence-corrected chi connectivity index (χ2v) is 5.78. The zero-order chi connectivity index (χ0) is 15.3. The lowest BCUT2D eigenvalue weighted by Gasteiger charge is -2.25. The molecule has 0 saturated carbocycles. The fourth-order valence-corrected chi connectivity index (χ4v) is 2.80. The highest BCUT2D eigenvalue weighted by Crippen LogP contribution is 2.23. The fraction of sp³-hybridized carbons (Fsp3) is 0.333. The van der Waals surface area contributed by atoms with Crippen LogP contribution in [0.2, 0.25) is 0 Å². The van der Waals surface area contributed by atoms with Gasteiger partial charge < -0.3 is 5.11 Å². The van der Waals surface area contributed by atoms with Crippen molar-refractivity contribution < 1.29 is 18.3 Å². The second kappa shape index (κ2) is 7.06. The Morgan fingerprint density at radius 1 is 1.10 bits per heavy atom. The summed E-state index contributed by atoms with van der Waals surface area (Å²) in [5.41, 5.74) is 0.792. The molecule has 0 aliphatic carbocycles. The lowest BCUT2D eigenvalue weighted by atomic mass is 10.2. The Morgan fingerprint density at radius 2 is 1.81 bits per heavy atom. The van der Waals surface area contributed by atoms with Crippen molar-refractivity contribution in [2.24, 2.45) is 0 Å². The fourth-order valence-electron chi connectivity index (χ4n) is 2.10. The minimum Gasteiger partial charge on any atom is -0.386 e. The van der Waals surface area contributed by atoms with Gasteiger partial charge in [-0.25, -0.2) is 0 Å². The molecule has 6 heteroatoms. The number of hydrogen-bond donors (Lipinski definition) is 1. The van der Waals surface area contributed by atoms with E-state index >= 15 is 0 Å². The van der Waals surface area contributed by atoms with E-state index in [2.05, 4.69) is 0 Å². The summed E-state index contributed by atoms with van der Waals surface area (Å²) >= 11 is 1.34. The number of hydrogen-bond acceptors (Lipinski definition) is 3. The van der Waals surface area contributed by atoms with Crippen LogP contribution in [0.4, 0.5) is 13.2 Å². The predicted molar refractivity (Wildman–Crippen MR) is 77.1 cm³/mol. The maximum atomic E-state index is 12.7. The molecular weight excluding hydrogens is 299 g/mol. The van der Waals surface area contributed by atoms with Gasteiger partial charge in [-0.1, -0.05) is 36.4 Å². The number of halogens is 3. The third-order valence-electron chi connectivity index (χ3n) is 2.95. The zero-order valence-electron chi connectivity index (χ0n) is 11.3. The third-order valence-corrected chi connectivity index (χ3v) is 3.93. The van der Waals surface area contributed by atoms with E-state index in [0.717, 1.165) is 5.56 Å². The molecule has 2 nitrogen and oxygen atoms in total. The van der Waals surface area contributed by atoms with E-state index in [9.17, 15) is 18.3 Å². The number of benzene rings is 1. The molecule has 0 bridgehead atoms. The van der Waals surface area contributed by atoms with Crippen LogP contribution in [0.1, 0.15) is 16.5 Å². The Morgan fingerprint density at radius 3 is 2.38 bits per heavy atom. The molecule has 1 heterocycles. The minimum atomic E-state index is -4.29. The van der Waals surface area contributed by atoms with Crippen LogP contribution in [0, 0.1) is 0 Å². The maximum Gasteiger partial charge on any atom is 0.401 e. The molecule has 114 valence electrons. The first-order valence-electron chi connectivity index (χ1n) is 6.48. The van der Waals surface area contributed by atoms with Crippen molar-refractivity contribution in [1.82, 2.24) is 4.90 Å². The van der Waals surface area contributed by atoms with Gasteiger partial charge in [-0.3, -0.25) is 4.90 Å². The molecule has 2 aromatic rings. The van der Waals surface area contributed by atoms with Gasteiger partial charge >= 0.3 is 6.18 Å². The molecule has 1 N–H and O–H groups in total. The normalized spacial score (nSPS) is 13.6. The van der Waals surface area contributed by atoms with Gasteiger partial charge in [-0.05, 0) is 17.0 Å². The lowest BCUT2D eigenvalue weighted by Crippen LogP contribution is -2.36. The van der Waals surface area contributed by atoms with Crippen LogP contribution in [-0.2, 0) is 6.54 Å². The second-order valence-electron chi connectivity index (χ2n) is 4.80. The summed E-state index contributed by atoms with van der Waals surface area (Å²) in [5.74, 6) is 0. The van der Waals surface area contributed by atoms with E-state index in [1.165, 1.54) is 16.2 Å². The number of rotatable bonds is 6. The lowest BCUT2D eigenvalue weighted by molar-refractivity contribution is -0.149. The van der Waals surface area contributed by atoms with Gasteiger partial charge in [0.1, 0.15) is 6.10 Å². The molecule has 1 aromatic heterocycles. The Balaban J connectivity index is 2.05. The molecule has 0 radical (unpaired) electrons. The smallest absolute Gasteiger partial charge is 0.386 e. The van der Waals surface area contributed by atoms with E-state index in [-0.39, 0.29) is 13.1 Å². The highest BCUT2D eigenvalue weighted by atomic mass is 32.1. The summed E-state index contributed by atoms with van der Waals surface area (Å²) in [6, 6.07) is 12.5. The van der Waals surface area contributed by atoms with E-state index in [0.29, 0.717) is 4.88 Å². The minimum absolute atomic E-state index is 0.0467. The standard InChI is InChI=1S/C15H16F3NOS/c16-15(17,18)11-19(9-12-5-2-1-3-6-12)10-13(20)14-7-4-8-21-14/h1-8,13,20H,9-11H2. The molecule has 0 aliphatic heterocycles. The molecule has 2 rings (SSSR count). The van der Waals surface area contributed by atoms with Gasteiger partial charge in [0.2, 0.25) is 0 Å². The molecule has 1 aromatic carbocycles. The van der Waals surface area contributed by atoms with Crippen molar-refractivity contribution in [2.75, 3.05) is 13.1 Å². The summed E-state index contributed by atoms with van der Waals surface area (Å²) in [4.78, 5) is 1.90.